The number of para-hydroxylation sites is 2. The van der Waals surface area contributed by atoms with Crippen molar-refractivity contribution < 1.29 is 9.53 Å². The molecule has 29 heavy (non-hydrogen) atoms. The Kier molecular flexibility index (Phi) is 6.35. The van der Waals surface area contributed by atoms with E-state index in [1.165, 1.54) is 11.3 Å². The number of benzene rings is 2. The maximum absolute atomic E-state index is 12.3. The van der Waals surface area contributed by atoms with Crippen LogP contribution < -0.4 is 15.0 Å². The number of carbonyl (C=O) groups is 1. The van der Waals surface area contributed by atoms with E-state index in [4.69, 9.17) is 4.74 Å². The number of carbonyl (C=O) groups excluding carboxylic acids is 1. The summed E-state index contributed by atoms with van der Waals surface area (Å²) in [6.45, 7) is 6.83. The third-order valence-corrected chi connectivity index (χ3v) is 5.99. The Morgan fingerprint density at radius 1 is 1.07 bits per heavy atom. The first-order chi connectivity index (χ1) is 14.2. The van der Waals surface area contributed by atoms with Crippen molar-refractivity contribution in [2.75, 3.05) is 37.7 Å². The molecule has 1 amide bonds. The van der Waals surface area contributed by atoms with Crippen molar-refractivity contribution in [3.8, 4) is 5.75 Å². The summed E-state index contributed by atoms with van der Waals surface area (Å²) in [6.07, 6.45) is 3.33. The maximum Gasteiger partial charge on any atom is 0.260 e. The predicted molar refractivity (Wildman–Crippen MR) is 116 cm³/mol. The van der Waals surface area contributed by atoms with E-state index < -0.39 is 0 Å². The fourth-order valence-corrected chi connectivity index (χ4v) is 4.34. The molecular formula is C24H31N3O2. The number of hydrogen-bond acceptors (Lipinski definition) is 4. The average molecular weight is 394 g/mol. The minimum absolute atomic E-state index is 0.0894. The van der Waals surface area contributed by atoms with Gasteiger partial charge in [-0.25, -0.2) is 0 Å². The summed E-state index contributed by atoms with van der Waals surface area (Å²) < 4.78 is 5.87. The Morgan fingerprint density at radius 3 is 2.69 bits per heavy atom. The summed E-state index contributed by atoms with van der Waals surface area (Å²) >= 11 is 0. The first-order valence-corrected chi connectivity index (χ1v) is 10.8. The highest BCUT2D eigenvalue weighted by Crippen LogP contribution is 2.29. The number of ether oxygens (including phenoxy) is 1. The normalized spacial score (nSPS) is 16.7. The second kappa shape index (κ2) is 9.31. The zero-order valence-corrected chi connectivity index (χ0v) is 17.3. The Morgan fingerprint density at radius 2 is 1.83 bits per heavy atom. The lowest BCUT2D eigenvalue weighted by atomic mass is 10.1. The van der Waals surface area contributed by atoms with Crippen molar-refractivity contribution in [1.82, 2.24) is 10.2 Å². The molecule has 1 fully saturated rings. The van der Waals surface area contributed by atoms with Gasteiger partial charge >= 0.3 is 0 Å². The summed E-state index contributed by atoms with van der Waals surface area (Å²) in [7, 11) is 0. The minimum atomic E-state index is 0.0894. The van der Waals surface area contributed by atoms with E-state index in [-0.39, 0.29) is 12.5 Å². The lowest BCUT2D eigenvalue weighted by Crippen LogP contribution is -2.39. The second-order valence-electron chi connectivity index (χ2n) is 8.04. The highest BCUT2D eigenvalue weighted by Gasteiger charge is 2.22. The van der Waals surface area contributed by atoms with Gasteiger partial charge in [0, 0.05) is 50.0 Å². The molecule has 0 saturated carbocycles. The van der Waals surface area contributed by atoms with Crippen molar-refractivity contribution in [3.63, 3.8) is 0 Å². The number of rotatable bonds is 8. The van der Waals surface area contributed by atoms with Gasteiger partial charge in [0.05, 0.1) is 0 Å². The number of fused-ring (bicyclic) bond motifs is 1. The van der Waals surface area contributed by atoms with Crippen molar-refractivity contribution in [2.45, 2.75) is 38.8 Å². The van der Waals surface area contributed by atoms with Crippen LogP contribution in [-0.4, -0.2) is 49.6 Å². The molecule has 2 aliphatic rings. The van der Waals surface area contributed by atoms with Gasteiger partial charge < -0.3 is 19.9 Å². The molecule has 1 atom stereocenters. The summed E-state index contributed by atoms with van der Waals surface area (Å²) in [5.41, 5.74) is 3.91. The molecule has 2 heterocycles. The maximum atomic E-state index is 12.3. The van der Waals surface area contributed by atoms with E-state index in [1.54, 1.807) is 0 Å². The first kappa shape index (κ1) is 19.8. The van der Waals surface area contributed by atoms with Gasteiger partial charge in [0.25, 0.3) is 5.91 Å². The van der Waals surface area contributed by atoms with E-state index in [9.17, 15) is 4.79 Å². The van der Waals surface area contributed by atoms with Crippen LogP contribution in [-0.2, 0) is 17.8 Å². The van der Waals surface area contributed by atoms with Gasteiger partial charge in [-0.2, -0.15) is 0 Å². The molecule has 2 aliphatic heterocycles. The van der Waals surface area contributed by atoms with Gasteiger partial charge in [0.1, 0.15) is 5.75 Å². The number of anilines is 1. The highest BCUT2D eigenvalue weighted by molar-refractivity contribution is 5.78. The quantitative estimate of drug-likeness (QED) is 0.748. The van der Waals surface area contributed by atoms with Crippen LogP contribution in [0.3, 0.4) is 0 Å². The number of hydrogen-bond donors (Lipinski definition) is 1. The Labute approximate surface area is 173 Å². The molecule has 2 aromatic rings. The second-order valence-corrected chi connectivity index (χ2v) is 8.04. The van der Waals surface area contributed by atoms with Crippen LogP contribution in [0.25, 0.3) is 0 Å². The Hall–Kier alpha value is -2.53. The molecule has 1 unspecified atom stereocenters. The third-order valence-electron chi connectivity index (χ3n) is 5.99. The Balaban J connectivity index is 1.28. The van der Waals surface area contributed by atoms with Crippen molar-refractivity contribution in [2.24, 2.45) is 0 Å². The third kappa shape index (κ3) is 4.73. The smallest absolute Gasteiger partial charge is 0.260 e. The van der Waals surface area contributed by atoms with E-state index in [1.807, 2.05) is 23.1 Å². The van der Waals surface area contributed by atoms with Gasteiger partial charge in [0.2, 0.25) is 0 Å². The van der Waals surface area contributed by atoms with Crippen LogP contribution in [0.4, 0.5) is 5.69 Å². The Bertz CT molecular complexity index is 832. The molecule has 1 saturated heterocycles. The zero-order chi connectivity index (χ0) is 20.1. The highest BCUT2D eigenvalue weighted by atomic mass is 16.5. The van der Waals surface area contributed by atoms with E-state index in [2.05, 4.69) is 47.5 Å². The summed E-state index contributed by atoms with van der Waals surface area (Å²) in [5, 5.41) is 3.58. The number of nitrogens with zero attached hydrogens (tertiary/aromatic N) is 2. The van der Waals surface area contributed by atoms with Crippen LogP contribution in [0.2, 0.25) is 0 Å². The molecular weight excluding hydrogens is 362 g/mol. The molecule has 154 valence electrons. The lowest BCUT2D eigenvalue weighted by molar-refractivity contribution is -0.132. The largest absolute Gasteiger partial charge is 0.483 e. The van der Waals surface area contributed by atoms with Crippen LogP contribution >= 0.6 is 0 Å². The molecule has 2 aromatic carbocycles. The van der Waals surface area contributed by atoms with Crippen molar-refractivity contribution in [3.05, 3.63) is 59.7 Å². The van der Waals surface area contributed by atoms with E-state index in [0.29, 0.717) is 6.04 Å². The minimum Gasteiger partial charge on any atom is -0.483 e. The van der Waals surface area contributed by atoms with Gasteiger partial charge in [-0.05, 0) is 43.9 Å². The van der Waals surface area contributed by atoms with Gasteiger partial charge in [0.15, 0.2) is 6.61 Å². The first-order valence-electron chi connectivity index (χ1n) is 10.8. The molecule has 0 bridgehead atoms. The fraction of sp³-hybridized carbons (Fsp3) is 0.458. The standard InChI is InChI=1S/C24H31N3O2/c1-19(27-15-12-20-8-2-4-10-22(20)27)16-25-17-21-9-3-5-11-23(21)29-18-24(28)26-13-6-7-14-26/h2-5,8-11,19,25H,6-7,12-18H2,1H3. The molecule has 5 heteroatoms. The van der Waals surface area contributed by atoms with E-state index >= 15 is 0 Å². The predicted octanol–water partition coefficient (Wildman–Crippen LogP) is 3.23. The molecule has 0 aromatic heterocycles. The lowest BCUT2D eigenvalue weighted by Gasteiger charge is -2.27. The molecule has 4 rings (SSSR count). The molecule has 0 radical (unpaired) electrons. The van der Waals surface area contributed by atoms with E-state index in [0.717, 1.165) is 63.3 Å². The average Bonchev–Trinajstić information content (AvgIpc) is 3.43. The van der Waals surface area contributed by atoms with Crippen LogP contribution in [0.5, 0.6) is 5.75 Å². The van der Waals surface area contributed by atoms with Crippen LogP contribution in [0.1, 0.15) is 30.9 Å². The number of likely N-dealkylation sites (tertiary alicyclic amines) is 1. The van der Waals surface area contributed by atoms with Crippen molar-refractivity contribution >= 4 is 11.6 Å². The molecule has 1 N–H and O–H groups in total. The molecule has 0 spiro atoms. The fourth-order valence-electron chi connectivity index (χ4n) is 4.34. The zero-order valence-electron chi connectivity index (χ0n) is 17.3. The number of amides is 1. The van der Waals surface area contributed by atoms with Gasteiger partial charge in [-0.15, -0.1) is 0 Å². The molecule has 0 aliphatic carbocycles. The summed E-state index contributed by atoms with van der Waals surface area (Å²) in [5.74, 6) is 0.887. The SMILES string of the molecule is CC(CNCc1ccccc1OCC(=O)N1CCCC1)N1CCc2ccccc21. The summed E-state index contributed by atoms with van der Waals surface area (Å²) in [6, 6.07) is 17.1. The van der Waals surface area contributed by atoms with Gasteiger partial charge in [-0.1, -0.05) is 36.4 Å². The van der Waals surface area contributed by atoms with Crippen molar-refractivity contribution in [1.29, 1.82) is 0 Å². The van der Waals surface area contributed by atoms with Crippen LogP contribution in [0.15, 0.2) is 48.5 Å². The number of nitrogens with one attached hydrogen (secondary N) is 1. The van der Waals surface area contributed by atoms with Crippen LogP contribution in [0, 0.1) is 0 Å². The molecule has 5 nitrogen and oxygen atoms in total. The summed E-state index contributed by atoms with van der Waals surface area (Å²) in [4.78, 5) is 16.6. The monoisotopic (exact) mass is 393 g/mol. The van der Waals surface area contributed by atoms with Gasteiger partial charge in [-0.3, -0.25) is 4.79 Å². The topological polar surface area (TPSA) is 44.8 Å².